The Labute approximate surface area is 118 Å². The highest BCUT2D eigenvalue weighted by Crippen LogP contribution is 2.35. The van der Waals surface area contributed by atoms with Crippen molar-refractivity contribution in [3.8, 4) is 0 Å². The van der Waals surface area contributed by atoms with Crippen LogP contribution in [0, 0.1) is 11.8 Å². The smallest absolute Gasteiger partial charge is 0.339 e. The van der Waals surface area contributed by atoms with E-state index in [1.807, 2.05) is 0 Å². The van der Waals surface area contributed by atoms with Gasteiger partial charge in [0.05, 0.1) is 17.3 Å². The van der Waals surface area contributed by atoms with Gasteiger partial charge in [-0.25, -0.2) is 4.79 Å². The highest BCUT2D eigenvalue weighted by atomic mass is 16.4. The summed E-state index contributed by atoms with van der Waals surface area (Å²) >= 11 is 0. The van der Waals surface area contributed by atoms with Crippen LogP contribution in [-0.4, -0.2) is 28.6 Å². The average Bonchev–Trinajstić information content (AvgIpc) is 3.23. The second-order valence-corrected chi connectivity index (χ2v) is 5.79. The van der Waals surface area contributed by atoms with Crippen molar-refractivity contribution in [3.05, 3.63) is 11.8 Å². The van der Waals surface area contributed by atoms with Crippen molar-refractivity contribution in [1.29, 1.82) is 0 Å². The van der Waals surface area contributed by atoms with Gasteiger partial charge in [0.25, 0.3) is 0 Å². The summed E-state index contributed by atoms with van der Waals surface area (Å²) < 4.78 is 0. The molecule has 0 atom stereocenters. The van der Waals surface area contributed by atoms with Gasteiger partial charge in [-0.15, -0.1) is 0 Å². The molecule has 2 saturated carbocycles. The number of ketones is 1. The van der Waals surface area contributed by atoms with Gasteiger partial charge in [-0.05, 0) is 45.4 Å². The Bertz CT molecular complexity index is 456. The molecule has 0 spiro atoms. The van der Waals surface area contributed by atoms with Gasteiger partial charge >= 0.3 is 5.97 Å². The number of hydrogen-bond acceptors (Lipinski definition) is 4. The number of rotatable bonds is 5. The summed E-state index contributed by atoms with van der Waals surface area (Å²) in [6, 6.07) is 0.135. The Morgan fingerprint density at radius 2 is 1.65 bits per heavy atom. The summed E-state index contributed by atoms with van der Waals surface area (Å²) in [5, 5.41) is 9.19. The number of carboxylic acid groups (broad SMARTS) is 1. The van der Waals surface area contributed by atoms with Crippen molar-refractivity contribution in [2.75, 3.05) is 0 Å². The lowest BCUT2D eigenvalue weighted by Crippen LogP contribution is -2.24. The monoisotopic (exact) mass is 278 g/mol. The third-order valence-electron chi connectivity index (χ3n) is 4.23. The summed E-state index contributed by atoms with van der Waals surface area (Å²) in [6.07, 6.45) is 6.57. The zero-order chi connectivity index (χ0) is 14.7. The molecule has 5 heteroatoms. The first-order valence-electron chi connectivity index (χ1n) is 7.26. The standard InChI is InChI=1S/C15H22N2O3/c1-9(18)10-4-6-12(7-5-10)17-14(11-2-3-11)13(8-16)15(19)20/h8,10-12H,2-7,16H2,1H3,(H,19,20). The second-order valence-electron chi connectivity index (χ2n) is 5.79. The lowest BCUT2D eigenvalue weighted by molar-refractivity contribution is -0.132. The van der Waals surface area contributed by atoms with Gasteiger partial charge < -0.3 is 10.8 Å². The first-order chi connectivity index (χ1) is 9.52. The van der Waals surface area contributed by atoms with E-state index in [2.05, 4.69) is 4.99 Å². The van der Waals surface area contributed by atoms with Crippen LogP contribution in [0.1, 0.15) is 45.4 Å². The number of carbonyl (C=O) groups is 2. The molecule has 2 fully saturated rings. The lowest BCUT2D eigenvalue weighted by Gasteiger charge is -2.25. The lowest BCUT2D eigenvalue weighted by atomic mass is 9.84. The molecule has 2 aliphatic rings. The molecular weight excluding hydrogens is 256 g/mol. The summed E-state index contributed by atoms with van der Waals surface area (Å²) in [5.41, 5.74) is 6.24. The summed E-state index contributed by atoms with van der Waals surface area (Å²) in [4.78, 5) is 27.2. The van der Waals surface area contributed by atoms with Gasteiger partial charge in [0.2, 0.25) is 0 Å². The van der Waals surface area contributed by atoms with Crippen LogP contribution >= 0.6 is 0 Å². The first-order valence-corrected chi connectivity index (χ1v) is 7.26. The zero-order valence-electron chi connectivity index (χ0n) is 11.8. The SMILES string of the molecule is CC(=O)C1CCC(N=C(C(=CN)C(=O)O)C2CC2)CC1. The molecule has 5 nitrogen and oxygen atoms in total. The first kappa shape index (κ1) is 14.8. The molecule has 2 rings (SSSR count). The van der Waals surface area contributed by atoms with Gasteiger partial charge in [0.1, 0.15) is 5.78 Å². The summed E-state index contributed by atoms with van der Waals surface area (Å²) in [5.74, 6) is -0.334. The normalized spacial score (nSPS) is 28.2. The number of carboxylic acids is 1. The largest absolute Gasteiger partial charge is 0.478 e. The number of hydrogen-bond donors (Lipinski definition) is 2. The minimum atomic E-state index is -1.00. The van der Waals surface area contributed by atoms with E-state index >= 15 is 0 Å². The molecule has 0 saturated heterocycles. The predicted molar refractivity (Wildman–Crippen MR) is 76.5 cm³/mol. The van der Waals surface area contributed by atoms with E-state index in [0.717, 1.165) is 44.7 Å². The molecule has 0 heterocycles. The Hall–Kier alpha value is -1.65. The molecule has 0 aromatic heterocycles. The van der Waals surface area contributed by atoms with Crippen molar-refractivity contribution < 1.29 is 14.7 Å². The number of aliphatic carboxylic acids is 1. The minimum absolute atomic E-state index is 0.135. The minimum Gasteiger partial charge on any atom is -0.478 e. The van der Waals surface area contributed by atoms with Gasteiger partial charge in [0.15, 0.2) is 0 Å². The second kappa shape index (κ2) is 6.20. The van der Waals surface area contributed by atoms with Crippen molar-refractivity contribution in [3.63, 3.8) is 0 Å². The fourth-order valence-electron chi connectivity index (χ4n) is 2.83. The van der Waals surface area contributed by atoms with E-state index in [9.17, 15) is 14.7 Å². The quantitative estimate of drug-likeness (QED) is 0.593. The van der Waals surface area contributed by atoms with Crippen LogP contribution in [0.3, 0.4) is 0 Å². The fourth-order valence-corrected chi connectivity index (χ4v) is 2.83. The van der Waals surface area contributed by atoms with Crippen LogP contribution in [0.25, 0.3) is 0 Å². The number of nitrogens with two attached hydrogens (primary N) is 1. The van der Waals surface area contributed by atoms with Crippen LogP contribution in [0.5, 0.6) is 0 Å². The number of Topliss-reactive ketones (excluding diaryl/α,β-unsaturated/α-hetero) is 1. The Kier molecular flexibility index (Phi) is 4.57. The van der Waals surface area contributed by atoms with Gasteiger partial charge in [0, 0.05) is 18.0 Å². The van der Waals surface area contributed by atoms with Gasteiger partial charge in [-0.3, -0.25) is 9.79 Å². The van der Waals surface area contributed by atoms with Crippen LogP contribution in [0.2, 0.25) is 0 Å². The maximum atomic E-state index is 11.4. The third kappa shape index (κ3) is 3.46. The molecule has 0 aromatic carbocycles. The molecular formula is C15H22N2O3. The Morgan fingerprint density at radius 3 is 2.05 bits per heavy atom. The van der Waals surface area contributed by atoms with E-state index in [-0.39, 0.29) is 29.2 Å². The summed E-state index contributed by atoms with van der Waals surface area (Å²) in [6.45, 7) is 1.64. The van der Waals surface area contributed by atoms with Crippen molar-refractivity contribution in [2.24, 2.45) is 22.6 Å². The van der Waals surface area contributed by atoms with Crippen molar-refractivity contribution in [1.82, 2.24) is 0 Å². The fraction of sp³-hybridized carbons (Fsp3) is 0.667. The molecule has 0 aromatic rings. The van der Waals surface area contributed by atoms with Crippen LogP contribution in [0.15, 0.2) is 16.8 Å². The van der Waals surface area contributed by atoms with E-state index in [0.29, 0.717) is 5.71 Å². The van der Waals surface area contributed by atoms with Crippen molar-refractivity contribution >= 4 is 17.5 Å². The number of nitrogens with zero attached hydrogens (tertiary/aromatic N) is 1. The Morgan fingerprint density at radius 1 is 1.10 bits per heavy atom. The number of carbonyl (C=O) groups excluding carboxylic acids is 1. The van der Waals surface area contributed by atoms with Crippen LogP contribution in [0.4, 0.5) is 0 Å². The summed E-state index contributed by atoms with van der Waals surface area (Å²) in [7, 11) is 0. The molecule has 0 radical (unpaired) electrons. The van der Waals surface area contributed by atoms with E-state index in [1.54, 1.807) is 6.92 Å². The average molecular weight is 278 g/mol. The maximum absolute atomic E-state index is 11.4. The van der Waals surface area contributed by atoms with E-state index in [4.69, 9.17) is 5.73 Å². The maximum Gasteiger partial charge on any atom is 0.339 e. The molecule has 2 aliphatic carbocycles. The van der Waals surface area contributed by atoms with E-state index in [1.165, 1.54) is 0 Å². The molecule has 20 heavy (non-hydrogen) atoms. The zero-order valence-corrected chi connectivity index (χ0v) is 11.8. The van der Waals surface area contributed by atoms with Crippen LogP contribution < -0.4 is 5.73 Å². The van der Waals surface area contributed by atoms with Gasteiger partial charge in [-0.2, -0.15) is 0 Å². The van der Waals surface area contributed by atoms with Gasteiger partial charge in [-0.1, -0.05) is 0 Å². The highest BCUT2D eigenvalue weighted by molar-refractivity contribution is 6.20. The predicted octanol–water partition coefficient (Wildman–Crippen LogP) is 1.91. The third-order valence-corrected chi connectivity index (χ3v) is 4.23. The molecule has 110 valence electrons. The van der Waals surface area contributed by atoms with Crippen LogP contribution in [-0.2, 0) is 9.59 Å². The van der Waals surface area contributed by atoms with E-state index < -0.39 is 5.97 Å². The highest BCUT2D eigenvalue weighted by Gasteiger charge is 2.33. The number of aliphatic imine (C=N–C) groups is 1. The molecule has 0 unspecified atom stereocenters. The molecule has 3 N–H and O–H groups in total. The topological polar surface area (TPSA) is 92.8 Å². The molecule has 0 amide bonds. The molecule has 0 aliphatic heterocycles. The Balaban J connectivity index is 2.07. The van der Waals surface area contributed by atoms with Crippen molar-refractivity contribution in [2.45, 2.75) is 51.5 Å². The molecule has 0 bridgehead atoms.